The normalized spacial score (nSPS) is 32.0. The highest BCUT2D eigenvalue weighted by Crippen LogP contribution is 2.50. The molecule has 3 saturated carbocycles. The van der Waals surface area contributed by atoms with Gasteiger partial charge in [-0.15, -0.1) is 23.2 Å². The Morgan fingerprint density at radius 2 is 1.31 bits per heavy atom. The maximum atomic E-state index is 15.8. The fourth-order valence-electron chi connectivity index (χ4n) is 17.8. The summed E-state index contributed by atoms with van der Waals surface area (Å²) in [6, 6.07) is -11.9. The lowest BCUT2D eigenvalue weighted by Gasteiger charge is -2.54. The van der Waals surface area contributed by atoms with Crippen LogP contribution in [-0.2, 0) is 67.0 Å². The Hall–Kier alpha value is -6.33. The number of nitrogens with one attached hydrogen (secondary N) is 3. The van der Waals surface area contributed by atoms with Crippen LogP contribution in [0.3, 0.4) is 0 Å². The van der Waals surface area contributed by atoms with E-state index in [1.54, 1.807) is 19.1 Å². The second-order valence-corrected chi connectivity index (χ2v) is 34.2. The molecule has 3 aliphatic carbocycles. The molecule has 1 spiro atoms. The Bertz CT molecular complexity index is 3240. The fraction of sp³-hybridized carbons (Fsp3) is 0.818. The molecule has 0 aromatic carbocycles. The van der Waals surface area contributed by atoms with Gasteiger partial charge in [0.1, 0.15) is 59.9 Å². The number of halogens is 5. The van der Waals surface area contributed by atoms with Crippen LogP contribution in [-0.4, -0.2) is 293 Å². The maximum Gasteiger partial charge on any atom is 0.391 e. The maximum absolute atomic E-state index is 15.8. The molecule has 3 N–H and O–H groups in total. The molecule has 26 nitrogen and oxygen atoms in total. The van der Waals surface area contributed by atoms with Crippen molar-refractivity contribution < 1.29 is 80.2 Å². The molecule has 108 heavy (non-hydrogen) atoms. The van der Waals surface area contributed by atoms with Gasteiger partial charge in [-0.25, -0.2) is 0 Å². The van der Waals surface area contributed by atoms with Crippen LogP contribution in [0.2, 0.25) is 0 Å². The van der Waals surface area contributed by atoms with Gasteiger partial charge in [0.25, 0.3) is 0 Å². The molecule has 3 unspecified atom stereocenters. The number of rotatable bonds is 15. The largest absolute Gasteiger partial charge is 0.391 e. The Morgan fingerprint density at radius 1 is 0.667 bits per heavy atom. The molecule has 0 aromatic rings. The highest BCUT2D eigenvalue weighted by atomic mass is 35.5. The molecule has 4 heterocycles. The zero-order valence-electron chi connectivity index (χ0n) is 66.6. The van der Waals surface area contributed by atoms with E-state index in [1.807, 2.05) is 48.5 Å². The molecule has 0 aromatic heterocycles. The first kappa shape index (κ1) is 88.9. The minimum atomic E-state index is -4.45. The third kappa shape index (κ3) is 21.3. The molecule has 0 radical (unpaired) electrons. The van der Waals surface area contributed by atoms with Crippen molar-refractivity contribution in [3.8, 4) is 0 Å². The molecule has 610 valence electrons. The molecule has 12 amide bonds. The number of nitrogens with zero attached hydrogens (tertiary/aromatic N) is 9. The van der Waals surface area contributed by atoms with Gasteiger partial charge < -0.3 is 69.5 Å². The number of ether oxygens (including phenoxy) is 2. The van der Waals surface area contributed by atoms with Crippen molar-refractivity contribution in [1.29, 1.82) is 0 Å². The number of methoxy groups -OCH3 is 1. The zero-order chi connectivity index (χ0) is 80.4. The summed E-state index contributed by atoms with van der Waals surface area (Å²) < 4.78 is 54.5. The molecule has 4 aliphatic heterocycles. The minimum absolute atomic E-state index is 0.0249. The van der Waals surface area contributed by atoms with Gasteiger partial charge in [-0.05, 0) is 146 Å². The fourth-order valence-corrected chi connectivity index (χ4v) is 18.4. The number of hydrogen-bond acceptors (Lipinski definition) is 14. The molecular formula is C77H123Cl2F3N12O14. The van der Waals surface area contributed by atoms with E-state index in [4.69, 9.17) is 32.7 Å². The van der Waals surface area contributed by atoms with Crippen LogP contribution in [0.4, 0.5) is 13.2 Å². The topological polar surface area (TPSA) is 289 Å². The van der Waals surface area contributed by atoms with Crippen molar-refractivity contribution >= 4 is 94.1 Å². The van der Waals surface area contributed by atoms with Crippen molar-refractivity contribution in [2.45, 2.75) is 279 Å². The summed E-state index contributed by atoms with van der Waals surface area (Å²) in [5.74, 6) is -11.5. The Kier molecular flexibility index (Phi) is 31.5. The average molecular weight is 1570 g/mol. The van der Waals surface area contributed by atoms with E-state index in [-0.39, 0.29) is 119 Å². The van der Waals surface area contributed by atoms with E-state index in [1.165, 1.54) is 85.8 Å². The van der Waals surface area contributed by atoms with Crippen LogP contribution in [0, 0.1) is 35.0 Å². The monoisotopic (exact) mass is 1570 g/mol. The van der Waals surface area contributed by atoms with Gasteiger partial charge in [-0.3, -0.25) is 57.5 Å². The van der Waals surface area contributed by atoms with Crippen LogP contribution < -0.4 is 16.0 Å². The lowest BCUT2D eigenvalue weighted by Crippen LogP contribution is -2.71. The van der Waals surface area contributed by atoms with Crippen molar-refractivity contribution in [1.82, 2.24) is 60.0 Å². The van der Waals surface area contributed by atoms with Gasteiger partial charge in [-0.1, -0.05) is 73.0 Å². The molecule has 3 saturated heterocycles. The van der Waals surface area contributed by atoms with E-state index < -0.39 is 192 Å². The second kappa shape index (κ2) is 38.3. The molecule has 6 fully saturated rings. The number of likely N-dealkylation sites (N-methyl/N-ethyl adjacent to an activating group) is 6. The summed E-state index contributed by atoms with van der Waals surface area (Å²) >= 11 is 13.3. The third-order valence-corrected chi connectivity index (χ3v) is 25.3. The van der Waals surface area contributed by atoms with E-state index in [9.17, 15) is 32.3 Å². The van der Waals surface area contributed by atoms with Crippen molar-refractivity contribution in [3.05, 3.63) is 12.2 Å². The van der Waals surface area contributed by atoms with Gasteiger partial charge in [0.05, 0.1) is 43.1 Å². The van der Waals surface area contributed by atoms with Crippen LogP contribution in [0.25, 0.3) is 0 Å². The quantitative estimate of drug-likeness (QED) is 0.117. The summed E-state index contributed by atoms with van der Waals surface area (Å²) in [6.45, 7) is 13.6. The lowest BCUT2D eigenvalue weighted by atomic mass is 9.58. The smallest absolute Gasteiger partial charge is 0.382 e. The Morgan fingerprint density at radius 3 is 1.90 bits per heavy atom. The Labute approximate surface area is 647 Å². The van der Waals surface area contributed by atoms with E-state index >= 15 is 38.4 Å². The summed E-state index contributed by atoms with van der Waals surface area (Å²) in [7, 11) is 11.2. The van der Waals surface area contributed by atoms with E-state index in [0.717, 1.165) is 14.7 Å². The summed E-state index contributed by atoms with van der Waals surface area (Å²) in [6.07, 6.45) is 1.19. The summed E-state index contributed by atoms with van der Waals surface area (Å²) in [5.41, 5.74) is -2.19. The standard InChI is InChI=1S/C77H123Cl2F3N12O14/c1-17-46(6)63-72(104)92-35-23-25-56(92)70(102)89(13)55-24-21-20-22-34-93(71(55)103)59(37-48-26-30-50(31-27-48)77(80,81)82)69(101)87(11)41-61(95)83-54(33-29-47-28-32-52(78)53(79)36-47)67(99)94-40-51(108-45(4)5)38-57(94)66(98)85-76(43-75(7,8)44-76)74(106)91(15)64(49(18-2)19-3)73(105)90(14)58(68(100)86(9)10)39-62(96)88(12)60(42-107-16)65(97)84-63/h20-21,45-60,63-64H,17-19,22-44H2,1-16H3,(H,83,95)(H,84,97)(H,85,98)/b21-20-/t46-,47?,48?,50?,51+,52?,53?,54-,55-,56-,57-,58-,59-,60-,63-,64-/m0/s1. The van der Waals surface area contributed by atoms with Crippen molar-refractivity contribution in [3.63, 3.8) is 0 Å². The SMILES string of the molecule is CCC(CC)[C@H]1C(=O)N(C)[C@H](C(=O)N(C)C)CC(=O)N(C)[C@@H](COC)C(=O)N[C@@H]([C@@H](C)CC)C(=O)N2CCC[C@H]2C(=O)N(C)[C@H]2C/C=C\CCN(C2=O)[C@@H](CC2CCC(C(F)(F)F)CC2)C(=O)N(C)CC(=O)N[C@@H](CCC2CCC(Cl)C(Cl)C2)C(=O)N2C[C@H](OC(C)C)C[C@H]2C(=O)NC2(CC(C)(C)C2)C(=O)N1C. The lowest BCUT2D eigenvalue weighted by molar-refractivity contribution is -0.184. The van der Waals surface area contributed by atoms with Crippen LogP contribution in [0.1, 0.15) is 190 Å². The van der Waals surface area contributed by atoms with Gasteiger partial charge >= 0.3 is 6.18 Å². The molecule has 7 aliphatic rings. The predicted octanol–water partition coefficient (Wildman–Crippen LogP) is 6.50. The third-order valence-electron chi connectivity index (χ3n) is 24.2. The molecule has 14 atom stereocenters. The van der Waals surface area contributed by atoms with Gasteiger partial charge in [0.2, 0.25) is 70.9 Å². The predicted molar refractivity (Wildman–Crippen MR) is 401 cm³/mol. The number of fused-ring (bicyclic) bond motifs is 4. The molecule has 2 bridgehead atoms. The summed E-state index contributed by atoms with van der Waals surface area (Å²) in [5, 5.41) is 8.23. The first-order valence-electron chi connectivity index (χ1n) is 39.2. The first-order chi connectivity index (χ1) is 50.7. The van der Waals surface area contributed by atoms with Crippen molar-refractivity contribution in [2.24, 2.45) is 35.0 Å². The average Bonchev–Trinajstić information content (AvgIpc) is 0.831. The molecular weight excluding hydrogens is 1440 g/mol. The van der Waals surface area contributed by atoms with Crippen LogP contribution >= 0.6 is 23.2 Å². The first-order valence-corrected chi connectivity index (χ1v) is 40.0. The minimum Gasteiger partial charge on any atom is -0.382 e. The Balaban J connectivity index is 1.35. The van der Waals surface area contributed by atoms with Gasteiger partial charge in [0.15, 0.2) is 0 Å². The number of carbonyl (C=O) groups excluding carboxylic acids is 12. The number of alkyl halides is 5. The zero-order valence-corrected chi connectivity index (χ0v) is 68.1. The van der Waals surface area contributed by atoms with Gasteiger partial charge in [-0.2, -0.15) is 13.2 Å². The van der Waals surface area contributed by atoms with Crippen molar-refractivity contribution in [2.75, 3.05) is 89.2 Å². The van der Waals surface area contributed by atoms with E-state index in [0.29, 0.717) is 51.4 Å². The highest BCUT2D eigenvalue weighted by Gasteiger charge is 2.59. The van der Waals surface area contributed by atoms with E-state index in [2.05, 4.69) is 16.0 Å². The van der Waals surface area contributed by atoms with Crippen LogP contribution in [0.5, 0.6) is 0 Å². The van der Waals surface area contributed by atoms with Gasteiger partial charge in [0, 0.05) is 87.9 Å². The highest BCUT2D eigenvalue weighted by molar-refractivity contribution is 6.30. The molecule has 31 heteroatoms. The number of hydrogen-bond donors (Lipinski definition) is 3. The second-order valence-electron chi connectivity index (χ2n) is 33.1. The van der Waals surface area contributed by atoms with Crippen LogP contribution in [0.15, 0.2) is 12.2 Å². The summed E-state index contributed by atoms with van der Waals surface area (Å²) in [4.78, 5) is 195. The number of carbonyl (C=O) groups is 12. The number of amides is 12. The molecule has 7 rings (SSSR count).